The van der Waals surface area contributed by atoms with Crippen molar-refractivity contribution in [3.63, 3.8) is 0 Å². The molecule has 0 amide bonds. The molecule has 2 rings (SSSR count). The van der Waals surface area contributed by atoms with Crippen LogP contribution in [0.5, 0.6) is 0 Å². The Morgan fingerprint density at radius 1 is 1.20 bits per heavy atom. The summed E-state index contributed by atoms with van der Waals surface area (Å²) in [5.74, 6) is 0.496. The van der Waals surface area contributed by atoms with Crippen LogP contribution >= 0.6 is 11.3 Å². The second-order valence-corrected chi connectivity index (χ2v) is 7.38. The Hall–Kier alpha value is -1.19. The van der Waals surface area contributed by atoms with Crippen LogP contribution in [0.25, 0.3) is 0 Å². The van der Waals surface area contributed by atoms with Crippen LogP contribution in [0.1, 0.15) is 42.7 Å². The molecule has 1 unspecified atom stereocenters. The Morgan fingerprint density at radius 2 is 1.90 bits per heavy atom. The number of hydrogen-bond donors (Lipinski definition) is 1. The van der Waals surface area contributed by atoms with Crippen molar-refractivity contribution in [3.8, 4) is 0 Å². The molecule has 2 aromatic rings. The molecule has 1 atom stereocenters. The van der Waals surface area contributed by atoms with Gasteiger partial charge in [-0.25, -0.2) is 0 Å². The summed E-state index contributed by atoms with van der Waals surface area (Å²) in [5, 5.41) is 3.63. The van der Waals surface area contributed by atoms with Crippen LogP contribution in [-0.4, -0.2) is 17.1 Å². The van der Waals surface area contributed by atoms with Crippen LogP contribution in [0.15, 0.2) is 36.0 Å². The second-order valence-electron chi connectivity index (χ2n) is 6.41. The number of aromatic nitrogens is 1. The zero-order valence-corrected chi connectivity index (χ0v) is 13.6. The lowest BCUT2D eigenvalue weighted by Gasteiger charge is -2.25. The molecule has 0 saturated carbocycles. The number of aryl methyl sites for hydroxylation is 1. The zero-order chi connectivity index (χ0) is 14.6. The third kappa shape index (κ3) is 4.73. The van der Waals surface area contributed by atoms with Gasteiger partial charge in [0.2, 0.25) is 0 Å². The Morgan fingerprint density at radius 3 is 2.45 bits per heavy atom. The van der Waals surface area contributed by atoms with E-state index in [1.807, 2.05) is 11.7 Å². The summed E-state index contributed by atoms with van der Waals surface area (Å²) in [6.45, 7) is 9.77. The highest BCUT2D eigenvalue weighted by molar-refractivity contribution is 7.09. The molecular formula is C17H24N2S. The number of nitrogens with one attached hydrogen (secondary N) is 1. The minimum Gasteiger partial charge on any atom is -0.311 e. The van der Waals surface area contributed by atoms with Gasteiger partial charge in [0.1, 0.15) is 0 Å². The van der Waals surface area contributed by atoms with Crippen molar-refractivity contribution in [3.05, 3.63) is 52.0 Å². The summed E-state index contributed by atoms with van der Waals surface area (Å²) in [7, 11) is 0. The average molecular weight is 288 g/mol. The summed E-state index contributed by atoms with van der Waals surface area (Å²) in [6.07, 6.45) is 3.04. The maximum absolute atomic E-state index is 4.19. The molecule has 0 bridgehead atoms. The van der Waals surface area contributed by atoms with E-state index >= 15 is 0 Å². The van der Waals surface area contributed by atoms with Gasteiger partial charge in [-0.3, -0.25) is 4.98 Å². The molecule has 0 aliphatic rings. The number of rotatable bonds is 5. The van der Waals surface area contributed by atoms with Crippen LogP contribution in [0.2, 0.25) is 0 Å². The highest BCUT2D eigenvalue weighted by Gasteiger charge is 2.17. The summed E-state index contributed by atoms with van der Waals surface area (Å²) in [6, 6.07) is 8.91. The smallest absolute Gasteiger partial charge is 0.0794 e. The maximum Gasteiger partial charge on any atom is 0.0794 e. The monoisotopic (exact) mass is 288 g/mol. The molecule has 20 heavy (non-hydrogen) atoms. The van der Waals surface area contributed by atoms with E-state index in [-0.39, 0.29) is 5.54 Å². The van der Waals surface area contributed by atoms with Crippen LogP contribution in [0, 0.1) is 6.92 Å². The van der Waals surface area contributed by atoms with E-state index in [2.05, 4.69) is 62.3 Å². The molecule has 108 valence electrons. The minimum absolute atomic E-state index is 0.149. The SMILES string of the molecule is Cc1ccc(C(CNC(C)(C)C)Cc2cncs2)cc1. The summed E-state index contributed by atoms with van der Waals surface area (Å²) in [5.41, 5.74) is 4.78. The largest absolute Gasteiger partial charge is 0.311 e. The second kappa shape index (κ2) is 6.51. The molecule has 2 nitrogen and oxygen atoms in total. The molecule has 0 fully saturated rings. The van der Waals surface area contributed by atoms with E-state index < -0.39 is 0 Å². The molecule has 1 heterocycles. The van der Waals surface area contributed by atoms with E-state index in [1.54, 1.807) is 11.3 Å². The fraction of sp³-hybridized carbons (Fsp3) is 0.471. The number of thiazole rings is 1. The van der Waals surface area contributed by atoms with Crippen molar-refractivity contribution in [2.24, 2.45) is 0 Å². The van der Waals surface area contributed by atoms with E-state index in [0.717, 1.165) is 13.0 Å². The minimum atomic E-state index is 0.149. The van der Waals surface area contributed by atoms with Crippen LogP contribution in [0.4, 0.5) is 0 Å². The molecule has 0 aliphatic heterocycles. The quantitative estimate of drug-likeness (QED) is 0.893. The fourth-order valence-electron chi connectivity index (χ4n) is 2.16. The predicted molar refractivity (Wildman–Crippen MR) is 87.5 cm³/mol. The average Bonchev–Trinajstić information content (AvgIpc) is 2.87. The Balaban J connectivity index is 2.12. The third-order valence-corrected chi connectivity index (χ3v) is 4.16. The van der Waals surface area contributed by atoms with Gasteiger partial charge in [0.15, 0.2) is 0 Å². The molecule has 0 saturated heterocycles. The molecule has 0 spiro atoms. The molecule has 3 heteroatoms. The normalized spacial score (nSPS) is 13.4. The van der Waals surface area contributed by atoms with Crippen molar-refractivity contribution >= 4 is 11.3 Å². The maximum atomic E-state index is 4.19. The van der Waals surface area contributed by atoms with E-state index in [4.69, 9.17) is 0 Å². The Bertz CT molecular complexity index is 509. The summed E-state index contributed by atoms with van der Waals surface area (Å²) >= 11 is 1.74. The summed E-state index contributed by atoms with van der Waals surface area (Å²) in [4.78, 5) is 5.54. The molecular weight excluding hydrogens is 264 g/mol. The van der Waals surface area contributed by atoms with Crippen LogP contribution in [0.3, 0.4) is 0 Å². The molecule has 0 aliphatic carbocycles. The first-order valence-electron chi connectivity index (χ1n) is 7.13. The van der Waals surface area contributed by atoms with E-state index in [1.165, 1.54) is 16.0 Å². The van der Waals surface area contributed by atoms with E-state index in [0.29, 0.717) is 5.92 Å². The van der Waals surface area contributed by atoms with Crippen molar-refractivity contribution in [1.29, 1.82) is 0 Å². The van der Waals surface area contributed by atoms with Crippen molar-refractivity contribution in [2.75, 3.05) is 6.54 Å². The lowest BCUT2D eigenvalue weighted by atomic mass is 9.93. The fourth-order valence-corrected chi connectivity index (χ4v) is 2.84. The van der Waals surface area contributed by atoms with Gasteiger partial charge in [-0.05, 0) is 39.7 Å². The van der Waals surface area contributed by atoms with Crippen LogP contribution < -0.4 is 5.32 Å². The van der Waals surface area contributed by atoms with Crippen LogP contribution in [-0.2, 0) is 6.42 Å². The van der Waals surface area contributed by atoms with Gasteiger partial charge >= 0.3 is 0 Å². The van der Waals surface area contributed by atoms with Gasteiger partial charge in [-0.2, -0.15) is 0 Å². The summed E-state index contributed by atoms with van der Waals surface area (Å²) < 4.78 is 0. The number of nitrogens with zero attached hydrogens (tertiary/aromatic N) is 1. The first-order chi connectivity index (χ1) is 9.44. The Labute approximate surface area is 126 Å². The lowest BCUT2D eigenvalue weighted by molar-refractivity contribution is 0.405. The highest BCUT2D eigenvalue weighted by Crippen LogP contribution is 2.23. The Kier molecular flexibility index (Phi) is 4.95. The molecule has 0 radical (unpaired) electrons. The van der Waals surface area contributed by atoms with Gasteiger partial charge < -0.3 is 5.32 Å². The van der Waals surface area contributed by atoms with Crippen molar-refractivity contribution in [2.45, 2.75) is 45.6 Å². The van der Waals surface area contributed by atoms with Gasteiger partial charge in [-0.15, -0.1) is 11.3 Å². The third-order valence-electron chi connectivity index (χ3n) is 3.36. The lowest BCUT2D eigenvalue weighted by Crippen LogP contribution is -2.39. The first-order valence-corrected chi connectivity index (χ1v) is 8.01. The van der Waals surface area contributed by atoms with Gasteiger partial charge in [0, 0.05) is 29.1 Å². The van der Waals surface area contributed by atoms with Gasteiger partial charge in [0.05, 0.1) is 5.51 Å². The number of benzene rings is 1. The standard InChI is InChI=1S/C17H24N2S/c1-13-5-7-14(8-6-13)15(10-19-17(2,3)4)9-16-11-18-12-20-16/h5-8,11-12,15,19H,9-10H2,1-4H3. The van der Waals surface area contributed by atoms with E-state index in [9.17, 15) is 0 Å². The molecule has 1 N–H and O–H groups in total. The van der Waals surface area contributed by atoms with Gasteiger partial charge in [0.25, 0.3) is 0 Å². The number of hydrogen-bond acceptors (Lipinski definition) is 3. The van der Waals surface area contributed by atoms with Crippen molar-refractivity contribution < 1.29 is 0 Å². The molecule has 1 aromatic carbocycles. The first kappa shape index (κ1) is 15.2. The predicted octanol–water partition coefficient (Wildman–Crippen LogP) is 4.17. The molecule has 1 aromatic heterocycles. The topological polar surface area (TPSA) is 24.9 Å². The zero-order valence-electron chi connectivity index (χ0n) is 12.8. The van der Waals surface area contributed by atoms with Gasteiger partial charge in [-0.1, -0.05) is 29.8 Å². The highest BCUT2D eigenvalue weighted by atomic mass is 32.1. The van der Waals surface area contributed by atoms with Crippen molar-refractivity contribution in [1.82, 2.24) is 10.3 Å².